The van der Waals surface area contributed by atoms with E-state index in [4.69, 9.17) is 9.47 Å². The summed E-state index contributed by atoms with van der Waals surface area (Å²) in [5.41, 5.74) is 2.41. The van der Waals surface area contributed by atoms with E-state index >= 15 is 0 Å². The maximum atomic E-state index is 13.9. The molecule has 6 unspecified atom stereocenters. The van der Waals surface area contributed by atoms with Crippen LogP contribution in [0.25, 0.3) is 0 Å². The van der Waals surface area contributed by atoms with Gasteiger partial charge in [-0.3, -0.25) is 4.79 Å². The highest BCUT2D eigenvalue weighted by molar-refractivity contribution is 5.93. The van der Waals surface area contributed by atoms with E-state index in [1.54, 1.807) is 12.1 Å². The quantitative estimate of drug-likeness (QED) is 0.839. The summed E-state index contributed by atoms with van der Waals surface area (Å²) >= 11 is 0. The van der Waals surface area contributed by atoms with Crippen molar-refractivity contribution in [1.82, 2.24) is 0 Å². The molecule has 2 heterocycles. The number of hydrogen-bond donors (Lipinski definition) is 1. The number of rotatable bonds is 3. The summed E-state index contributed by atoms with van der Waals surface area (Å²) in [6.45, 7) is 3.71. The number of fused-ring (bicyclic) bond motifs is 5. The van der Waals surface area contributed by atoms with Crippen LogP contribution in [-0.4, -0.2) is 29.2 Å². The Morgan fingerprint density at radius 3 is 2.41 bits per heavy atom. The fourth-order valence-electron chi connectivity index (χ4n) is 5.60. The molecule has 6 atom stereocenters. The van der Waals surface area contributed by atoms with Crippen LogP contribution in [0.15, 0.2) is 30.3 Å². The molecule has 2 aliphatic heterocycles. The molecule has 1 aliphatic carbocycles. The third kappa shape index (κ3) is 2.81. The molecule has 2 saturated heterocycles. The van der Waals surface area contributed by atoms with Crippen molar-refractivity contribution in [3.8, 4) is 11.5 Å². The molecule has 3 fully saturated rings. The van der Waals surface area contributed by atoms with Crippen molar-refractivity contribution in [3.05, 3.63) is 58.7 Å². The Hall–Kier alpha value is -2.31. The van der Waals surface area contributed by atoms with E-state index in [2.05, 4.69) is 0 Å². The summed E-state index contributed by atoms with van der Waals surface area (Å²) in [7, 11) is 0. The van der Waals surface area contributed by atoms with E-state index in [1.165, 1.54) is 6.07 Å². The molecular formula is C23H22F2O4. The van der Waals surface area contributed by atoms with E-state index in [-0.39, 0.29) is 35.6 Å². The first-order chi connectivity index (χ1) is 13.8. The van der Waals surface area contributed by atoms with Crippen LogP contribution in [0, 0.1) is 37.3 Å². The summed E-state index contributed by atoms with van der Waals surface area (Å²) < 4.78 is 38.5. The normalized spacial score (nSPS) is 32.7. The lowest BCUT2D eigenvalue weighted by Gasteiger charge is -2.24. The molecule has 0 aromatic heterocycles. The average Bonchev–Trinajstić information content (AvgIpc) is 3.33. The number of ketones is 1. The highest BCUT2D eigenvalue weighted by Gasteiger charge is 2.62. The molecule has 152 valence electrons. The number of hydrogen-bond acceptors (Lipinski definition) is 4. The van der Waals surface area contributed by atoms with Crippen molar-refractivity contribution >= 4 is 5.78 Å². The molecule has 29 heavy (non-hydrogen) atoms. The summed E-state index contributed by atoms with van der Waals surface area (Å²) in [5, 5.41) is 11.0. The number of carbonyl (C=O) groups is 1. The summed E-state index contributed by atoms with van der Waals surface area (Å²) in [6.07, 6.45) is 0.920. The minimum Gasteiger partial charge on any atom is -0.454 e. The van der Waals surface area contributed by atoms with E-state index in [0.717, 1.165) is 41.7 Å². The smallest absolute Gasteiger partial charge is 0.168 e. The van der Waals surface area contributed by atoms with Crippen molar-refractivity contribution in [3.63, 3.8) is 0 Å². The zero-order valence-electron chi connectivity index (χ0n) is 16.2. The third-order valence-electron chi connectivity index (χ3n) is 6.70. The Kier molecular flexibility index (Phi) is 4.26. The van der Waals surface area contributed by atoms with Crippen molar-refractivity contribution in [2.45, 2.75) is 50.9 Å². The van der Waals surface area contributed by atoms with Gasteiger partial charge >= 0.3 is 0 Å². The zero-order chi connectivity index (χ0) is 20.4. The van der Waals surface area contributed by atoms with Gasteiger partial charge in [-0.05, 0) is 67.6 Å². The van der Waals surface area contributed by atoms with Crippen LogP contribution < -0.4 is 4.74 Å². The molecule has 0 spiro atoms. The lowest BCUT2D eigenvalue weighted by atomic mass is 9.81. The molecule has 3 aliphatic rings. The standard InChI is InChI=1S/C23H22F2O4/c1-10-7-13(28-15-4-3-12(24)9-14(15)25)8-11(2)18(10)21-22(26)19-16-5-6-17(29-16)20(19)23(21)27/h3-4,7-9,16-17,19-22,26H,5-6H2,1-2H3. The molecule has 2 aromatic rings. The topological polar surface area (TPSA) is 55.8 Å². The highest BCUT2D eigenvalue weighted by Crippen LogP contribution is 2.55. The Labute approximate surface area is 167 Å². The SMILES string of the molecule is Cc1cc(Oc2ccc(F)cc2F)cc(C)c1C1C(=O)C2C3CCC(O3)C2C1O. The van der Waals surface area contributed by atoms with Gasteiger partial charge in [0.25, 0.3) is 0 Å². The first-order valence-electron chi connectivity index (χ1n) is 9.96. The van der Waals surface area contributed by atoms with Gasteiger partial charge in [-0.15, -0.1) is 0 Å². The first-order valence-corrected chi connectivity index (χ1v) is 9.96. The number of carbonyl (C=O) groups excluding carboxylic acids is 1. The largest absolute Gasteiger partial charge is 0.454 e. The van der Waals surface area contributed by atoms with Crippen LogP contribution in [-0.2, 0) is 9.53 Å². The van der Waals surface area contributed by atoms with Gasteiger partial charge in [0.1, 0.15) is 17.3 Å². The van der Waals surface area contributed by atoms with Crippen LogP contribution in [0.4, 0.5) is 8.78 Å². The summed E-state index contributed by atoms with van der Waals surface area (Å²) in [5.74, 6) is -2.00. The van der Waals surface area contributed by atoms with Crippen molar-refractivity contribution < 1.29 is 28.2 Å². The Morgan fingerprint density at radius 2 is 1.76 bits per heavy atom. The van der Waals surface area contributed by atoms with E-state index in [0.29, 0.717) is 5.75 Å². The second-order valence-corrected chi connectivity index (χ2v) is 8.41. The monoisotopic (exact) mass is 400 g/mol. The second kappa shape index (κ2) is 6.61. The van der Waals surface area contributed by atoms with Crippen LogP contribution in [0.3, 0.4) is 0 Å². The fraction of sp³-hybridized carbons (Fsp3) is 0.435. The molecule has 1 N–H and O–H groups in total. The van der Waals surface area contributed by atoms with Gasteiger partial charge in [-0.2, -0.15) is 0 Å². The predicted octanol–water partition coefficient (Wildman–Crippen LogP) is 4.19. The molecule has 0 amide bonds. The number of aryl methyl sites for hydroxylation is 2. The number of aliphatic hydroxyl groups is 1. The summed E-state index contributed by atoms with van der Waals surface area (Å²) in [6, 6.07) is 6.60. The Morgan fingerprint density at radius 1 is 1.07 bits per heavy atom. The van der Waals surface area contributed by atoms with Gasteiger partial charge in [0.05, 0.1) is 30.1 Å². The minimum absolute atomic E-state index is 0.0291. The van der Waals surface area contributed by atoms with Crippen LogP contribution in [0.1, 0.15) is 35.4 Å². The first kappa shape index (κ1) is 18.7. The Balaban J connectivity index is 1.47. The van der Waals surface area contributed by atoms with Crippen molar-refractivity contribution in [2.75, 3.05) is 0 Å². The molecule has 4 nitrogen and oxygen atoms in total. The van der Waals surface area contributed by atoms with Gasteiger partial charge < -0.3 is 14.6 Å². The van der Waals surface area contributed by atoms with Gasteiger partial charge in [0, 0.05) is 12.0 Å². The Bertz CT molecular complexity index is 981. The number of Topliss-reactive ketones (excluding diaryl/α,β-unsaturated/α-hetero) is 1. The molecule has 5 rings (SSSR count). The van der Waals surface area contributed by atoms with E-state index < -0.39 is 23.7 Å². The van der Waals surface area contributed by atoms with Gasteiger partial charge in [0.2, 0.25) is 0 Å². The molecular weight excluding hydrogens is 378 g/mol. The molecule has 1 saturated carbocycles. The van der Waals surface area contributed by atoms with Crippen molar-refractivity contribution in [2.24, 2.45) is 11.8 Å². The number of aliphatic hydroxyl groups excluding tert-OH is 1. The zero-order valence-corrected chi connectivity index (χ0v) is 16.2. The van der Waals surface area contributed by atoms with E-state index in [1.807, 2.05) is 13.8 Å². The predicted molar refractivity (Wildman–Crippen MR) is 101 cm³/mol. The average molecular weight is 400 g/mol. The second-order valence-electron chi connectivity index (χ2n) is 8.41. The van der Waals surface area contributed by atoms with Crippen LogP contribution in [0.5, 0.6) is 11.5 Å². The maximum Gasteiger partial charge on any atom is 0.168 e. The number of halogens is 2. The minimum atomic E-state index is -0.783. The maximum absolute atomic E-state index is 13.9. The molecule has 2 aromatic carbocycles. The number of benzene rings is 2. The molecule has 2 bridgehead atoms. The lowest BCUT2D eigenvalue weighted by molar-refractivity contribution is -0.124. The van der Waals surface area contributed by atoms with Crippen molar-refractivity contribution in [1.29, 1.82) is 0 Å². The van der Waals surface area contributed by atoms with Crippen LogP contribution in [0.2, 0.25) is 0 Å². The van der Waals surface area contributed by atoms with Crippen LogP contribution >= 0.6 is 0 Å². The van der Waals surface area contributed by atoms with Gasteiger partial charge in [0.15, 0.2) is 11.6 Å². The van der Waals surface area contributed by atoms with Gasteiger partial charge in [-0.1, -0.05) is 0 Å². The molecule has 0 radical (unpaired) electrons. The molecule has 6 heteroatoms. The highest BCUT2D eigenvalue weighted by atomic mass is 19.1. The number of ether oxygens (including phenoxy) is 2. The lowest BCUT2D eigenvalue weighted by Crippen LogP contribution is -2.31. The third-order valence-corrected chi connectivity index (χ3v) is 6.70. The van der Waals surface area contributed by atoms with E-state index in [9.17, 15) is 18.7 Å². The fourth-order valence-corrected chi connectivity index (χ4v) is 5.60. The summed E-state index contributed by atoms with van der Waals surface area (Å²) in [4.78, 5) is 13.2. The van der Waals surface area contributed by atoms with Gasteiger partial charge in [-0.25, -0.2) is 8.78 Å².